The van der Waals surface area contributed by atoms with Gasteiger partial charge in [0.1, 0.15) is 10.7 Å². The van der Waals surface area contributed by atoms with E-state index in [0.29, 0.717) is 5.82 Å². The first-order chi connectivity index (χ1) is 9.48. The molecule has 1 saturated heterocycles. The molecule has 1 fully saturated rings. The third-order valence-electron chi connectivity index (χ3n) is 3.25. The Morgan fingerprint density at radius 3 is 2.85 bits per heavy atom. The van der Waals surface area contributed by atoms with Crippen LogP contribution in [0.25, 0.3) is 0 Å². The lowest BCUT2D eigenvalue weighted by molar-refractivity contribution is -0.0516. The number of pyridine rings is 1. The second-order valence-corrected chi connectivity index (χ2v) is 6.58. The molecular formula is C12H19N3O4S. The van der Waals surface area contributed by atoms with E-state index in [-0.39, 0.29) is 30.7 Å². The molecule has 20 heavy (non-hydrogen) atoms. The van der Waals surface area contributed by atoms with Crippen molar-refractivity contribution >= 4 is 15.8 Å². The quantitative estimate of drug-likeness (QED) is 0.806. The van der Waals surface area contributed by atoms with Crippen LogP contribution in [-0.4, -0.2) is 61.8 Å². The summed E-state index contributed by atoms with van der Waals surface area (Å²) < 4.78 is 31.9. The number of nitrogens with zero attached hydrogens (tertiary/aromatic N) is 2. The Bertz CT molecular complexity index is 546. The van der Waals surface area contributed by atoms with Crippen LogP contribution in [0.4, 0.5) is 5.82 Å². The summed E-state index contributed by atoms with van der Waals surface area (Å²) in [7, 11) is -1.91. The summed E-state index contributed by atoms with van der Waals surface area (Å²) in [6, 6.07) is 2.86. The lowest BCUT2D eigenvalue weighted by atomic mass is 10.2. The Kier molecular flexibility index (Phi) is 4.59. The summed E-state index contributed by atoms with van der Waals surface area (Å²) in [4.78, 5) is 4.17. The number of aromatic nitrogens is 1. The number of morpholine rings is 1. The van der Waals surface area contributed by atoms with Crippen molar-refractivity contribution < 1.29 is 18.3 Å². The Balaban J connectivity index is 2.27. The Labute approximate surface area is 118 Å². The predicted molar refractivity (Wildman–Crippen MR) is 74.0 cm³/mol. The van der Waals surface area contributed by atoms with Crippen molar-refractivity contribution in [1.82, 2.24) is 9.29 Å². The minimum Gasteiger partial charge on any atom is -0.394 e. The fourth-order valence-corrected chi connectivity index (χ4v) is 3.65. The van der Waals surface area contributed by atoms with Gasteiger partial charge in [-0.05, 0) is 19.1 Å². The maximum absolute atomic E-state index is 12.6. The van der Waals surface area contributed by atoms with E-state index in [1.807, 2.05) is 0 Å². The van der Waals surface area contributed by atoms with Gasteiger partial charge in [0.25, 0.3) is 0 Å². The van der Waals surface area contributed by atoms with E-state index in [4.69, 9.17) is 9.84 Å². The lowest BCUT2D eigenvalue weighted by Gasteiger charge is -2.36. The van der Waals surface area contributed by atoms with E-state index in [9.17, 15) is 8.42 Å². The molecule has 2 unspecified atom stereocenters. The highest BCUT2D eigenvalue weighted by Crippen LogP contribution is 2.22. The summed E-state index contributed by atoms with van der Waals surface area (Å²) in [5.41, 5.74) is 0. The molecule has 0 amide bonds. The van der Waals surface area contributed by atoms with Crippen molar-refractivity contribution in [3.63, 3.8) is 0 Å². The summed E-state index contributed by atoms with van der Waals surface area (Å²) >= 11 is 0. The Morgan fingerprint density at radius 1 is 1.55 bits per heavy atom. The number of aliphatic hydroxyl groups is 1. The van der Waals surface area contributed by atoms with Crippen molar-refractivity contribution in [3.05, 3.63) is 18.3 Å². The molecule has 1 aliphatic rings. The molecule has 0 spiro atoms. The zero-order valence-corrected chi connectivity index (χ0v) is 12.3. The third kappa shape index (κ3) is 2.93. The first-order valence-electron chi connectivity index (χ1n) is 6.37. The predicted octanol–water partition coefficient (Wildman–Crippen LogP) is -0.106. The fourth-order valence-electron chi connectivity index (χ4n) is 2.05. The average molecular weight is 301 g/mol. The summed E-state index contributed by atoms with van der Waals surface area (Å²) in [5.74, 6) is 0.604. The zero-order valence-electron chi connectivity index (χ0n) is 11.5. The highest BCUT2D eigenvalue weighted by molar-refractivity contribution is 7.89. The van der Waals surface area contributed by atoms with Crippen molar-refractivity contribution in [3.8, 4) is 0 Å². The van der Waals surface area contributed by atoms with Gasteiger partial charge in [-0.2, -0.15) is 4.31 Å². The normalized spacial score (nSPS) is 24.6. The zero-order chi connectivity index (χ0) is 14.8. The standard InChI is InChI=1S/C12H19N3O4S/c1-9-8-19-10(7-16)6-15(9)20(17,18)11-3-4-12(13-2)14-5-11/h3-5,9-10,16H,6-8H2,1-2H3,(H,13,14). The molecule has 1 aromatic heterocycles. The van der Waals surface area contributed by atoms with Gasteiger partial charge in [0.2, 0.25) is 10.0 Å². The Morgan fingerprint density at radius 2 is 2.30 bits per heavy atom. The van der Waals surface area contributed by atoms with Crippen LogP contribution in [-0.2, 0) is 14.8 Å². The molecule has 2 N–H and O–H groups in total. The van der Waals surface area contributed by atoms with Crippen LogP contribution >= 0.6 is 0 Å². The first kappa shape index (κ1) is 15.2. The van der Waals surface area contributed by atoms with Crippen LogP contribution < -0.4 is 5.32 Å². The number of anilines is 1. The number of nitrogens with one attached hydrogen (secondary N) is 1. The molecule has 1 aromatic rings. The van der Waals surface area contributed by atoms with E-state index in [2.05, 4.69) is 10.3 Å². The SMILES string of the molecule is CNc1ccc(S(=O)(=O)N2CC(CO)OCC2C)cn1. The van der Waals surface area contributed by atoms with E-state index >= 15 is 0 Å². The molecule has 0 saturated carbocycles. The van der Waals surface area contributed by atoms with Gasteiger partial charge in [0, 0.05) is 25.8 Å². The summed E-state index contributed by atoms with van der Waals surface area (Å²) in [6.45, 7) is 2.00. The number of aliphatic hydroxyl groups excluding tert-OH is 1. The third-order valence-corrected chi connectivity index (χ3v) is 5.21. The second-order valence-electron chi connectivity index (χ2n) is 4.69. The molecular weight excluding hydrogens is 282 g/mol. The van der Waals surface area contributed by atoms with Crippen LogP contribution in [0.15, 0.2) is 23.2 Å². The van der Waals surface area contributed by atoms with E-state index in [1.54, 1.807) is 20.0 Å². The second kappa shape index (κ2) is 6.04. The minimum absolute atomic E-state index is 0.141. The number of hydrogen-bond donors (Lipinski definition) is 2. The van der Waals surface area contributed by atoms with Gasteiger partial charge in [-0.1, -0.05) is 0 Å². The molecule has 8 heteroatoms. The average Bonchev–Trinajstić information content (AvgIpc) is 2.47. The largest absolute Gasteiger partial charge is 0.394 e. The molecule has 0 aliphatic carbocycles. The number of sulfonamides is 1. The highest BCUT2D eigenvalue weighted by Gasteiger charge is 2.35. The molecule has 2 rings (SSSR count). The van der Waals surface area contributed by atoms with Gasteiger partial charge >= 0.3 is 0 Å². The molecule has 2 atom stereocenters. The fraction of sp³-hybridized carbons (Fsp3) is 0.583. The van der Waals surface area contributed by atoms with Crippen LogP contribution in [0.1, 0.15) is 6.92 Å². The number of ether oxygens (including phenoxy) is 1. The van der Waals surface area contributed by atoms with E-state index < -0.39 is 16.1 Å². The van der Waals surface area contributed by atoms with Gasteiger partial charge in [-0.3, -0.25) is 0 Å². The van der Waals surface area contributed by atoms with Crippen LogP contribution in [0.3, 0.4) is 0 Å². The smallest absolute Gasteiger partial charge is 0.245 e. The maximum atomic E-state index is 12.6. The van der Waals surface area contributed by atoms with Crippen LogP contribution in [0.5, 0.6) is 0 Å². The van der Waals surface area contributed by atoms with Crippen molar-refractivity contribution in [1.29, 1.82) is 0 Å². The van der Waals surface area contributed by atoms with E-state index in [0.717, 1.165) is 0 Å². The topological polar surface area (TPSA) is 91.8 Å². The van der Waals surface area contributed by atoms with Crippen molar-refractivity contribution in [2.45, 2.75) is 24.0 Å². The van der Waals surface area contributed by atoms with Gasteiger partial charge in [0.05, 0.1) is 19.3 Å². The molecule has 112 valence electrons. The van der Waals surface area contributed by atoms with Crippen molar-refractivity contribution in [2.75, 3.05) is 32.1 Å². The first-order valence-corrected chi connectivity index (χ1v) is 7.81. The van der Waals surface area contributed by atoms with E-state index in [1.165, 1.54) is 16.6 Å². The highest BCUT2D eigenvalue weighted by atomic mass is 32.2. The maximum Gasteiger partial charge on any atom is 0.245 e. The van der Waals surface area contributed by atoms with Gasteiger partial charge in [-0.15, -0.1) is 0 Å². The lowest BCUT2D eigenvalue weighted by Crippen LogP contribution is -2.51. The molecule has 7 nitrogen and oxygen atoms in total. The van der Waals surface area contributed by atoms with Crippen LogP contribution in [0.2, 0.25) is 0 Å². The molecule has 0 aromatic carbocycles. The number of hydrogen-bond acceptors (Lipinski definition) is 6. The number of rotatable bonds is 4. The minimum atomic E-state index is -3.63. The summed E-state index contributed by atoms with van der Waals surface area (Å²) in [6.07, 6.45) is 0.850. The Hall–Kier alpha value is -1.22. The molecule has 0 radical (unpaired) electrons. The molecule has 1 aliphatic heterocycles. The monoisotopic (exact) mass is 301 g/mol. The van der Waals surface area contributed by atoms with Gasteiger partial charge in [-0.25, -0.2) is 13.4 Å². The molecule has 2 heterocycles. The van der Waals surface area contributed by atoms with Gasteiger partial charge in [0.15, 0.2) is 0 Å². The molecule has 0 bridgehead atoms. The van der Waals surface area contributed by atoms with Crippen molar-refractivity contribution in [2.24, 2.45) is 0 Å². The summed E-state index contributed by atoms with van der Waals surface area (Å²) in [5, 5.41) is 12.0. The van der Waals surface area contributed by atoms with Gasteiger partial charge < -0.3 is 15.2 Å². The van der Waals surface area contributed by atoms with Crippen LogP contribution in [0, 0.1) is 0 Å².